The first kappa shape index (κ1) is 12.2. The number of rotatable bonds is 4. The van der Waals surface area contributed by atoms with Crippen LogP contribution >= 0.6 is 15.9 Å². The summed E-state index contributed by atoms with van der Waals surface area (Å²) in [6, 6.07) is 1.86. The zero-order chi connectivity index (χ0) is 10.6. The number of hydrogen-bond donors (Lipinski definition) is 1. The van der Waals surface area contributed by atoms with E-state index in [4.69, 9.17) is 10.4 Å². The number of carbonyl (C=O) groups is 1. The van der Waals surface area contributed by atoms with Gasteiger partial charge in [-0.05, 0) is 10.4 Å². The van der Waals surface area contributed by atoms with Crippen LogP contribution in [0.25, 0.3) is 0 Å². The second-order valence-corrected chi connectivity index (χ2v) is 4.36. The standard InChI is InChI=1S/C9H12BrNO2/c1-6(2)9(5-11,8(12)13)4-7(3)10/h6H,3-4H2,1-2H3,(H,12,13). The van der Waals surface area contributed by atoms with Gasteiger partial charge >= 0.3 is 5.97 Å². The monoisotopic (exact) mass is 245 g/mol. The minimum atomic E-state index is -1.36. The first-order valence-corrected chi connectivity index (χ1v) is 4.64. The highest BCUT2D eigenvalue weighted by atomic mass is 79.9. The molecular weight excluding hydrogens is 234 g/mol. The highest BCUT2D eigenvalue weighted by Gasteiger charge is 2.42. The smallest absolute Gasteiger partial charge is 0.324 e. The van der Waals surface area contributed by atoms with Crippen LogP contribution in [0.4, 0.5) is 0 Å². The number of aliphatic carboxylic acids is 1. The number of carboxylic acids is 1. The van der Waals surface area contributed by atoms with Gasteiger partial charge in [0.2, 0.25) is 0 Å². The number of halogens is 1. The van der Waals surface area contributed by atoms with Crippen LogP contribution < -0.4 is 0 Å². The lowest BCUT2D eigenvalue weighted by Gasteiger charge is -2.25. The van der Waals surface area contributed by atoms with Crippen molar-refractivity contribution in [3.8, 4) is 6.07 Å². The molecule has 0 saturated heterocycles. The fourth-order valence-electron chi connectivity index (χ4n) is 1.05. The van der Waals surface area contributed by atoms with E-state index in [1.54, 1.807) is 13.8 Å². The van der Waals surface area contributed by atoms with Crippen molar-refractivity contribution >= 4 is 21.9 Å². The van der Waals surface area contributed by atoms with E-state index in [0.29, 0.717) is 4.48 Å². The molecule has 0 rings (SSSR count). The van der Waals surface area contributed by atoms with Crippen molar-refractivity contribution in [2.45, 2.75) is 20.3 Å². The number of nitriles is 1. The van der Waals surface area contributed by atoms with Gasteiger partial charge in [0.15, 0.2) is 5.41 Å². The van der Waals surface area contributed by atoms with Gasteiger partial charge in [-0.15, -0.1) is 0 Å². The number of nitrogens with zero attached hydrogens (tertiary/aromatic N) is 1. The Balaban J connectivity index is 5.02. The molecule has 0 aromatic carbocycles. The van der Waals surface area contributed by atoms with Gasteiger partial charge < -0.3 is 5.11 Å². The van der Waals surface area contributed by atoms with Gasteiger partial charge in [0, 0.05) is 6.42 Å². The third-order valence-electron chi connectivity index (χ3n) is 2.04. The summed E-state index contributed by atoms with van der Waals surface area (Å²) < 4.78 is 0.533. The Hall–Kier alpha value is -0.820. The van der Waals surface area contributed by atoms with Crippen LogP contribution in [0.2, 0.25) is 0 Å². The summed E-state index contributed by atoms with van der Waals surface area (Å²) in [6.07, 6.45) is 0.135. The molecule has 0 aliphatic carbocycles. The molecule has 0 aliphatic rings. The summed E-state index contributed by atoms with van der Waals surface area (Å²) in [4.78, 5) is 10.9. The maximum atomic E-state index is 10.9. The van der Waals surface area contributed by atoms with Gasteiger partial charge in [-0.2, -0.15) is 5.26 Å². The molecule has 0 amide bonds. The normalized spacial score (nSPS) is 14.7. The summed E-state index contributed by atoms with van der Waals surface area (Å²) in [6.45, 7) is 6.99. The van der Waals surface area contributed by atoms with E-state index in [0.717, 1.165) is 0 Å². The predicted octanol–water partition coefficient (Wildman–Crippen LogP) is 2.54. The molecule has 0 radical (unpaired) electrons. The summed E-state index contributed by atoms with van der Waals surface area (Å²) >= 11 is 3.08. The number of allylic oxidation sites excluding steroid dienone is 1. The molecule has 0 spiro atoms. The number of carboxylic acid groups (broad SMARTS) is 1. The quantitative estimate of drug-likeness (QED) is 0.829. The largest absolute Gasteiger partial charge is 0.480 e. The summed E-state index contributed by atoms with van der Waals surface area (Å²) in [5, 5.41) is 17.8. The molecule has 4 heteroatoms. The van der Waals surface area contributed by atoms with E-state index in [1.807, 2.05) is 6.07 Å². The first-order chi connectivity index (χ1) is 5.86. The van der Waals surface area contributed by atoms with E-state index >= 15 is 0 Å². The van der Waals surface area contributed by atoms with Gasteiger partial charge in [0.1, 0.15) is 0 Å². The molecule has 0 aromatic rings. The fourth-order valence-corrected chi connectivity index (χ4v) is 1.49. The molecule has 0 aromatic heterocycles. The average Bonchev–Trinajstić information content (AvgIpc) is 1.98. The molecule has 1 unspecified atom stereocenters. The lowest BCUT2D eigenvalue weighted by Crippen LogP contribution is -2.34. The predicted molar refractivity (Wildman–Crippen MR) is 53.2 cm³/mol. The molecule has 72 valence electrons. The third-order valence-corrected chi connectivity index (χ3v) is 2.32. The Labute approximate surface area is 86.2 Å². The molecule has 0 aliphatic heterocycles. The molecule has 3 nitrogen and oxygen atoms in total. The van der Waals surface area contributed by atoms with Crippen LogP contribution in [0.1, 0.15) is 20.3 Å². The maximum absolute atomic E-state index is 10.9. The van der Waals surface area contributed by atoms with Crippen molar-refractivity contribution in [2.75, 3.05) is 0 Å². The lowest BCUT2D eigenvalue weighted by molar-refractivity contribution is -0.147. The molecule has 0 heterocycles. The van der Waals surface area contributed by atoms with Crippen molar-refractivity contribution in [2.24, 2.45) is 11.3 Å². The van der Waals surface area contributed by atoms with Crippen LogP contribution in [0.15, 0.2) is 11.1 Å². The van der Waals surface area contributed by atoms with E-state index in [1.165, 1.54) is 0 Å². The van der Waals surface area contributed by atoms with E-state index in [9.17, 15) is 4.79 Å². The average molecular weight is 246 g/mol. The van der Waals surface area contributed by atoms with Gasteiger partial charge in [-0.3, -0.25) is 4.79 Å². The Bertz CT molecular complexity index is 267. The highest BCUT2D eigenvalue weighted by Crippen LogP contribution is 2.35. The van der Waals surface area contributed by atoms with Gasteiger partial charge in [0.25, 0.3) is 0 Å². The minimum Gasteiger partial charge on any atom is -0.480 e. The zero-order valence-corrected chi connectivity index (χ0v) is 9.26. The molecule has 0 fully saturated rings. The Morgan fingerprint density at radius 2 is 2.23 bits per heavy atom. The van der Waals surface area contributed by atoms with Crippen molar-refractivity contribution in [1.29, 1.82) is 5.26 Å². The summed E-state index contributed by atoms with van der Waals surface area (Å²) in [5.74, 6) is -1.34. The van der Waals surface area contributed by atoms with E-state index in [2.05, 4.69) is 22.5 Å². The molecule has 0 bridgehead atoms. The Kier molecular flexibility index (Phi) is 4.15. The Morgan fingerprint density at radius 1 is 1.77 bits per heavy atom. The van der Waals surface area contributed by atoms with Crippen LogP contribution in [0.5, 0.6) is 0 Å². The second-order valence-electron chi connectivity index (χ2n) is 3.24. The second kappa shape index (κ2) is 4.43. The van der Waals surface area contributed by atoms with Crippen molar-refractivity contribution in [3.05, 3.63) is 11.1 Å². The van der Waals surface area contributed by atoms with Crippen LogP contribution in [-0.2, 0) is 4.79 Å². The number of hydrogen-bond acceptors (Lipinski definition) is 2. The SMILES string of the molecule is C=C(Br)CC(C#N)(C(=O)O)C(C)C. The van der Waals surface area contributed by atoms with Crippen LogP contribution in [0, 0.1) is 22.7 Å². The van der Waals surface area contributed by atoms with Crippen molar-refractivity contribution in [3.63, 3.8) is 0 Å². The van der Waals surface area contributed by atoms with Crippen molar-refractivity contribution in [1.82, 2.24) is 0 Å². The van der Waals surface area contributed by atoms with Crippen LogP contribution in [0.3, 0.4) is 0 Å². The topological polar surface area (TPSA) is 61.1 Å². The lowest BCUT2D eigenvalue weighted by atomic mass is 9.76. The van der Waals surface area contributed by atoms with Crippen molar-refractivity contribution < 1.29 is 9.90 Å². The summed E-state index contributed by atoms with van der Waals surface area (Å²) in [7, 11) is 0. The first-order valence-electron chi connectivity index (χ1n) is 3.84. The third kappa shape index (κ3) is 2.56. The molecule has 1 N–H and O–H groups in total. The highest BCUT2D eigenvalue weighted by molar-refractivity contribution is 9.11. The zero-order valence-electron chi connectivity index (χ0n) is 7.67. The van der Waals surface area contributed by atoms with Gasteiger partial charge in [-0.25, -0.2) is 0 Å². The van der Waals surface area contributed by atoms with E-state index < -0.39 is 11.4 Å². The maximum Gasteiger partial charge on any atom is 0.324 e. The molecular formula is C9H12BrNO2. The van der Waals surface area contributed by atoms with Gasteiger partial charge in [-0.1, -0.05) is 36.4 Å². The molecule has 0 saturated carbocycles. The molecule has 1 atom stereocenters. The minimum absolute atomic E-state index is 0.135. The fraction of sp³-hybridized carbons (Fsp3) is 0.556. The molecule has 13 heavy (non-hydrogen) atoms. The van der Waals surface area contributed by atoms with Gasteiger partial charge in [0.05, 0.1) is 6.07 Å². The van der Waals surface area contributed by atoms with Crippen LogP contribution in [-0.4, -0.2) is 11.1 Å². The Morgan fingerprint density at radius 3 is 2.31 bits per heavy atom. The van der Waals surface area contributed by atoms with E-state index in [-0.39, 0.29) is 12.3 Å². The summed E-state index contributed by atoms with van der Waals surface area (Å²) in [5.41, 5.74) is -1.36.